The van der Waals surface area contributed by atoms with Gasteiger partial charge in [-0.25, -0.2) is 28.2 Å². The number of aliphatic imine (C=N–C) groups is 1. The molecule has 5 aromatic rings. The number of carbonyl (C=O) groups is 1. The Morgan fingerprint density at radius 2 is 1.95 bits per heavy atom. The lowest BCUT2D eigenvalue weighted by Gasteiger charge is -2.38. The summed E-state index contributed by atoms with van der Waals surface area (Å²) in [6.07, 6.45) is 2.75. The Hall–Kier alpha value is -4.81. The van der Waals surface area contributed by atoms with Gasteiger partial charge >= 0.3 is 5.97 Å². The molecular weight excluding hydrogens is 564 g/mol. The molecule has 42 heavy (non-hydrogen) atoms. The van der Waals surface area contributed by atoms with Crippen LogP contribution in [0.3, 0.4) is 0 Å². The highest BCUT2D eigenvalue weighted by Gasteiger charge is 2.45. The fraction of sp³-hybridized carbons (Fsp3) is 0.167. The van der Waals surface area contributed by atoms with Crippen LogP contribution in [0.5, 0.6) is 5.75 Å². The number of nitrogens with zero attached hydrogens (tertiary/aromatic N) is 5. The average Bonchev–Trinajstić information content (AvgIpc) is 3.69. The van der Waals surface area contributed by atoms with Crippen LogP contribution < -0.4 is 0 Å². The smallest absolute Gasteiger partial charge is 0.344 e. The molecule has 0 radical (unpaired) electrons. The number of rotatable bonds is 11. The van der Waals surface area contributed by atoms with Gasteiger partial charge in [0, 0.05) is 28.5 Å². The molecule has 12 heteroatoms. The average molecular weight is 590 g/mol. The Morgan fingerprint density at radius 1 is 1.17 bits per heavy atom. The van der Waals surface area contributed by atoms with Crippen molar-refractivity contribution in [1.82, 2.24) is 19.7 Å². The van der Waals surface area contributed by atoms with Crippen molar-refractivity contribution in [3.63, 3.8) is 0 Å². The molecule has 0 aliphatic rings. The van der Waals surface area contributed by atoms with Crippen LogP contribution in [0.15, 0.2) is 89.8 Å². The number of benzene rings is 3. The monoisotopic (exact) mass is 589 g/mol. The van der Waals surface area contributed by atoms with E-state index in [0.29, 0.717) is 16.4 Å². The molecule has 1 unspecified atom stereocenters. The van der Waals surface area contributed by atoms with E-state index in [0.717, 1.165) is 17.7 Å². The van der Waals surface area contributed by atoms with Gasteiger partial charge in [-0.2, -0.15) is 5.10 Å². The third-order valence-electron chi connectivity index (χ3n) is 6.82. The normalized spacial score (nSPS) is 13.3. The SMILES string of the molecule is C=Nc1ccc(-c2csc([C@H](C)C(Cn3cncn3)(OCOC(=O)c3ccccc3O)c3ccc(F)cc3F)n2)cc1. The first-order valence-electron chi connectivity index (χ1n) is 12.7. The number of hydrogen-bond acceptors (Lipinski definition) is 9. The first-order chi connectivity index (χ1) is 20.3. The van der Waals surface area contributed by atoms with Gasteiger partial charge in [0.05, 0.1) is 22.9 Å². The van der Waals surface area contributed by atoms with Crippen LogP contribution in [-0.2, 0) is 21.6 Å². The number of phenolic OH excluding ortho intramolecular Hbond substituents is 1. The van der Waals surface area contributed by atoms with Crippen molar-refractivity contribution in [3.05, 3.63) is 113 Å². The highest BCUT2D eigenvalue weighted by Crippen LogP contribution is 2.44. The van der Waals surface area contributed by atoms with Gasteiger partial charge < -0.3 is 14.6 Å². The summed E-state index contributed by atoms with van der Waals surface area (Å²) in [5.74, 6) is -3.40. The molecule has 5 rings (SSSR count). The quantitative estimate of drug-likeness (QED) is 0.110. The lowest BCUT2D eigenvalue weighted by molar-refractivity contribution is -0.148. The zero-order valence-electron chi connectivity index (χ0n) is 22.4. The molecule has 0 fully saturated rings. The molecule has 1 N–H and O–H groups in total. The largest absolute Gasteiger partial charge is 0.507 e. The zero-order chi connectivity index (χ0) is 29.7. The minimum atomic E-state index is -1.60. The maximum absolute atomic E-state index is 15.6. The minimum absolute atomic E-state index is 0.00340. The Balaban J connectivity index is 1.54. The maximum Gasteiger partial charge on any atom is 0.344 e. The second-order valence-corrected chi connectivity index (χ2v) is 10.2. The molecule has 9 nitrogen and oxygen atoms in total. The number of thiazole rings is 1. The molecule has 0 aliphatic heterocycles. The third kappa shape index (κ3) is 5.94. The number of para-hydroxylation sites is 1. The van der Waals surface area contributed by atoms with E-state index in [2.05, 4.69) is 21.8 Å². The van der Waals surface area contributed by atoms with Crippen molar-refractivity contribution in [2.24, 2.45) is 4.99 Å². The van der Waals surface area contributed by atoms with Gasteiger partial charge in [0.15, 0.2) is 6.79 Å². The van der Waals surface area contributed by atoms with Gasteiger partial charge in [-0.3, -0.25) is 4.99 Å². The topological polar surface area (TPSA) is 112 Å². The summed E-state index contributed by atoms with van der Waals surface area (Å²) < 4.78 is 42.7. The van der Waals surface area contributed by atoms with Crippen LogP contribution >= 0.6 is 11.3 Å². The fourth-order valence-electron chi connectivity index (χ4n) is 4.56. The predicted octanol–water partition coefficient (Wildman–Crippen LogP) is 6.25. The molecule has 2 atom stereocenters. The molecule has 0 aliphatic carbocycles. The number of phenols is 1. The minimum Gasteiger partial charge on any atom is -0.507 e. The molecule has 0 saturated heterocycles. The van der Waals surface area contributed by atoms with E-state index < -0.39 is 35.9 Å². The van der Waals surface area contributed by atoms with Crippen LogP contribution in [-0.4, -0.2) is 44.3 Å². The van der Waals surface area contributed by atoms with Crippen LogP contribution in [0.4, 0.5) is 14.5 Å². The van der Waals surface area contributed by atoms with Crippen LogP contribution in [0.25, 0.3) is 11.3 Å². The first kappa shape index (κ1) is 28.7. The summed E-state index contributed by atoms with van der Waals surface area (Å²) in [7, 11) is 0. The van der Waals surface area contributed by atoms with E-state index in [-0.39, 0.29) is 23.4 Å². The van der Waals surface area contributed by atoms with Crippen LogP contribution in [0.2, 0.25) is 0 Å². The number of hydrogen-bond donors (Lipinski definition) is 1. The third-order valence-corrected chi connectivity index (χ3v) is 7.85. The van der Waals surface area contributed by atoms with Crippen molar-refractivity contribution < 1.29 is 28.2 Å². The first-order valence-corrected chi connectivity index (χ1v) is 13.6. The molecule has 3 aromatic carbocycles. The fourth-order valence-corrected chi connectivity index (χ4v) is 5.53. The van der Waals surface area contributed by atoms with Crippen LogP contribution in [0, 0.1) is 11.6 Å². The van der Waals surface area contributed by atoms with E-state index in [1.54, 1.807) is 19.1 Å². The number of esters is 1. The molecule has 0 spiro atoms. The van der Waals surface area contributed by atoms with Gasteiger partial charge in [-0.05, 0) is 37.0 Å². The molecule has 214 valence electrons. The van der Waals surface area contributed by atoms with Crippen molar-refractivity contribution in [2.45, 2.75) is 25.0 Å². The molecular formula is C30H25F2N5O4S. The highest BCUT2D eigenvalue weighted by atomic mass is 32.1. The van der Waals surface area contributed by atoms with Crippen molar-refractivity contribution in [3.8, 4) is 17.0 Å². The lowest BCUT2D eigenvalue weighted by Crippen LogP contribution is -2.42. The summed E-state index contributed by atoms with van der Waals surface area (Å²) >= 11 is 1.33. The molecule has 0 saturated carbocycles. The standard InChI is InChI=1S/C30H25F2N5O4S/c1-19(28-36-26(14-42-28)20-7-10-22(33-2)11-8-20)30(15-37-17-34-16-35-37,24-12-9-21(31)13-25(24)32)41-18-40-29(39)23-5-3-4-6-27(23)38/h3-14,16-17,19,38H,2,15,18H2,1H3/t19-,30?/m0/s1. The number of ether oxygens (including phenoxy) is 2. The van der Waals surface area contributed by atoms with E-state index in [9.17, 15) is 14.3 Å². The number of carbonyl (C=O) groups excluding carboxylic acids is 1. The predicted molar refractivity (Wildman–Crippen MR) is 153 cm³/mol. The molecule has 0 amide bonds. The molecule has 2 aromatic heterocycles. The van der Waals surface area contributed by atoms with E-state index in [1.807, 2.05) is 29.6 Å². The van der Waals surface area contributed by atoms with Gasteiger partial charge in [0.25, 0.3) is 0 Å². The second-order valence-electron chi connectivity index (χ2n) is 9.32. The Bertz CT molecular complexity index is 1690. The van der Waals surface area contributed by atoms with E-state index in [1.165, 1.54) is 46.9 Å². The Labute approximate surface area is 243 Å². The number of aromatic hydroxyl groups is 1. The molecule has 2 heterocycles. The zero-order valence-corrected chi connectivity index (χ0v) is 23.2. The van der Waals surface area contributed by atoms with Gasteiger partial charge in [0.2, 0.25) is 0 Å². The van der Waals surface area contributed by atoms with E-state index in [4.69, 9.17) is 14.5 Å². The second kappa shape index (κ2) is 12.4. The van der Waals surface area contributed by atoms with Crippen molar-refractivity contribution >= 4 is 29.7 Å². The van der Waals surface area contributed by atoms with Gasteiger partial charge in [-0.15, -0.1) is 11.3 Å². The van der Waals surface area contributed by atoms with Gasteiger partial charge in [0.1, 0.15) is 41.2 Å². The Morgan fingerprint density at radius 3 is 2.64 bits per heavy atom. The van der Waals surface area contributed by atoms with Crippen molar-refractivity contribution in [1.29, 1.82) is 0 Å². The van der Waals surface area contributed by atoms with Crippen LogP contribution in [0.1, 0.15) is 33.8 Å². The summed E-state index contributed by atoms with van der Waals surface area (Å²) in [6.45, 7) is 4.61. The summed E-state index contributed by atoms with van der Waals surface area (Å²) in [6, 6.07) is 16.4. The lowest BCUT2D eigenvalue weighted by atomic mass is 9.81. The number of aromatic nitrogens is 4. The van der Waals surface area contributed by atoms with E-state index >= 15 is 4.39 Å². The molecule has 0 bridgehead atoms. The maximum atomic E-state index is 15.6. The Kier molecular flexibility index (Phi) is 8.46. The summed E-state index contributed by atoms with van der Waals surface area (Å²) in [5, 5.41) is 16.7. The van der Waals surface area contributed by atoms with Gasteiger partial charge in [-0.1, -0.05) is 37.3 Å². The highest BCUT2D eigenvalue weighted by molar-refractivity contribution is 7.10. The van der Waals surface area contributed by atoms with Crippen molar-refractivity contribution in [2.75, 3.05) is 6.79 Å². The number of halogens is 2. The summed E-state index contributed by atoms with van der Waals surface area (Å²) in [4.78, 5) is 25.4. The summed E-state index contributed by atoms with van der Waals surface area (Å²) in [5.41, 5.74) is 0.570.